The summed E-state index contributed by atoms with van der Waals surface area (Å²) >= 11 is 0. The molecule has 1 rings (SSSR count). The fourth-order valence-electron chi connectivity index (χ4n) is 0.971. The topological polar surface area (TPSA) is 80.9 Å². The second-order valence-corrected chi connectivity index (χ2v) is 3.27. The van der Waals surface area contributed by atoms with Crippen LogP contribution >= 0.6 is 0 Å². The van der Waals surface area contributed by atoms with Crippen LogP contribution in [-0.4, -0.2) is 21.4 Å². The molecule has 0 saturated heterocycles. The lowest BCUT2D eigenvalue weighted by atomic mass is 9.98. The van der Waals surface area contributed by atoms with E-state index in [-0.39, 0.29) is 0 Å². The lowest BCUT2D eigenvalue weighted by molar-refractivity contribution is -0.121. The van der Waals surface area contributed by atoms with Gasteiger partial charge in [0.1, 0.15) is 11.4 Å². The van der Waals surface area contributed by atoms with Crippen LogP contribution in [-0.2, 0) is 4.79 Å². The summed E-state index contributed by atoms with van der Waals surface area (Å²) in [6.07, 6.45) is 5.27. The summed E-state index contributed by atoms with van der Waals surface area (Å²) in [6, 6.07) is 0. The molecule has 5 heteroatoms. The van der Waals surface area contributed by atoms with Crippen LogP contribution in [0.5, 0.6) is 0 Å². The predicted octanol–water partition coefficient (Wildman–Crippen LogP) is 0.542. The molecule has 0 fully saturated rings. The molecule has 0 saturated carbocycles. The monoisotopic (exact) mass is 194 g/mol. The molecule has 1 atom stereocenters. The second kappa shape index (κ2) is 4.04. The average Bonchev–Trinajstić information content (AvgIpc) is 2.19. The van der Waals surface area contributed by atoms with Gasteiger partial charge in [0.2, 0.25) is 5.91 Å². The molecule has 14 heavy (non-hydrogen) atoms. The molecule has 0 aliphatic rings. The summed E-state index contributed by atoms with van der Waals surface area (Å²) in [5, 5.41) is 2.96. The number of carbonyl (C=O) groups excluding carboxylic acids is 1. The maximum absolute atomic E-state index is 11.2. The molecule has 1 aromatic heterocycles. The summed E-state index contributed by atoms with van der Waals surface area (Å²) < 4.78 is 0. The molecule has 3 N–H and O–H groups in total. The van der Waals surface area contributed by atoms with Crippen LogP contribution < -0.4 is 11.1 Å². The summed E-state index contributed by atoms with van der Waals surface area (Å²) in [4.78, 5) is 19.1. The number of hydrogen-bond donors (Lipinski definition) is 2. The normalized spacial score (nSPS) is 14.4. The Morgan fingerprint density at radius 1 is 1.64 bits per heavy atom. The quantitative estimate of drug-likeness (QED) is 0.733. The number of amides is 1. The van der Waals surface area contributed by atoms with Crippen molar-refractivity contribution < 1.29 is 4.79 Å². The maximum Gasteiger partial charge on any atom is 0.242 e. The van der Waals surface area contributed by atoms with Gasteiger partial charge in [0.15, 0.2) is 0 Å². The molecule has 76 valence electrons. The highest BCUT2D eigenvalue weighted by Gasteiger charge is 2.28. The van der Waals surface area contributed by atoms with Gasteiger partial charge in [-0.2, -0.15) is 0 Å². The van der Waals surface area contributed by atoms with Gasteiger partial charge < -0.3 is 11.1 Å². The van der Waals surface area contributed by atoms with Crippen LogP contribution in [0, 0.1) is 0 Å². The van der Waals surface area contributed by atoms with Crippen LogP contribution in [0.1, 0.15) is 20.3 Å². The van der Waals surface area contributed by atoms with Gasteiger partial charge in [0, 0.05) is 12.4 Å². The molecule has 0 spiro atoms. The zero-order valence-electron chi connectivity index (χ0n) is 8.32. The van der Waals surface area contributed by atoms with Crippen molar-refractivity contribution >= 4 is 11.7 Å². The van der Waals surface area contributed by atoms with E-state index >= 15 is 0 Å². The molecule has 0 aromatic carbocycles. The van der Waals surface area contributed by atoms with Gasteiger partial charge >= 0.3 is 0 Å². The number of hydrogen-bond acceptors (Lipinski definition) is 4. The summed E-state index contributed by atoms with van der Waals surface area (Å²) in [6.45, 7) is 3.62. The number of nitrogens with zero attached hydrogens (tertiary/aromatic N) is 2. The summed E-state index contributed by atoms with van der Waals surface area (Å²) in [7, 11) is 0. The van der Waals surface area contributed by atoms with Gasteiger partial charge in [0.05, 0.1) is 6.20 Å². The summed E-state index contributed by atoms with van der Waals surface area (Å²) in [5.41, 5.74) is 4.51. The Morgan fingerprint density at radius 3 is 2.79 bits per heavy atom. The van der Waals surface area contributed by atoms with Crippen molar-refractivity contribution in [2.45, 2.75) is 25.8 Å². The van der Waals surface area contributed by atoms with Gasteiger partial charge in [-0.15, -0.1) is 0 Å². The molecule has 0 aliphatic heterocycles. The first kappa shape index (κ1) is 10.4. The minimum absolute atomic E-state index is 0.398. The molecule has 0 aliphatic carbocycles. The molecular weight excluding hydrogens is 180 g/mol. The van der Waals surface area contributed by atoms with Crippen molar-refractivity contribution in [3.8, 4) is 0 Å². The largest absolute Gasteiger partial charge is 0.368 e. The van der Waals surface area contributed by atoms with Gasteiger partial charge in [0.25, 0.3) is 0 Å². The minimum atomic E-state index is -0.768. The zero-order chi connectivity index (χ0) is 10.6. The molecule has 1 aromatic rings. The Bertz CT molecular complexity index is 314. The fraction of sp³-hybridized carbons (Fsp3) is 0.444. The molecule has 0 radical (unpaired) electrons. The van der Waals surface area contributed by atoms with E-state index in [1.807, 2.05) is 6.92 Å². The Hall–Kier alpha value is -1.65. The van der Waals surface area contributed by atoms with Crippen molar-refractivity contribution in [2.75, 3.05) is 5.32 Å². The number of primary amides is 1. The molecule has 1 unspecified atom stereocenters. The minimum Gasteiger partial charge on any atom is -0.368 e. The van der Waals surface area contributed by atoms with Gasteiger partial charge in [-0.05, 0) is 13.3 Å². The second-order valence-electron chi connectivity index (χ2n) is 3.27. The lowest BCUT2D eigenvalue weighted by Gasteiger charge is -2.25. The first-order valence-electron chi connectivity index (χ1n) is 4.42. The van der Waals surface area contributed by atoms with Crippen molar-refractivity contribution in [3.05, 3.63) is 18.6 Å². The Kier molecular flexibility index (Phi) is 3.01. The van der Waals surface area contributed by atoms with Crippen LogP contribution in [0.25, 0.3) is 0 Å². The van der Waals surface area contributed by atoms with E-state index in [2.05, 4.69) is 15.3 Å². The van der Waals surface area contributed by atoms with Crippen LogP contribution in [0.3, 0.4) is 0 Å². The maximum atomic E-state index is 11.2. The Balaban J connectivity index is 2.81. The van der Waals surface area contributed by atoms with E-state index in [4.69, 9.17) is 5.73 Å². The molecule has 5 nitrogen and oxygen atoms in total. The zero-order valence-corrected chi connectivity index (χ0v) is 8.32. The lowest BCUT2D eigenvalue weighted by Crippen LogP contribution is -2.47. The van der Waals surface area contributed by atoms with Gasteiger partial charge in [-0.25, -0.2) is 4.98 Å². The first-order valence-corrected chi connectivity index (χ1v) is 4.42. The molecule has 1 amide bonds. The Morgan fingerprint density at radius 2 is 2.36 bits per heavy atom. The van der Waals surface area contributed by atoms with Crippen molar-refractivity contribution in [2.24, 2.45) is 5.73 Å². The number of aromatic nitrogens is 2. The summed E-state index contributed by atoms with van der Waals surface area (Å²) in [5.74, 6) is 0.154. The number of nitrogens with two attached hydrogens (primary N) is 1. The number of rotatable bonds is 4. The smallest absolute Gasteiger partial charge is 0.242 e. The number of nitrogens with one attached hydrogen (secondary N) is 1. The highest BCUT2D eigenvalue weighted by Crippen LogP contribution is 2.14. The van der Waals surface area contributed by atoms with Gasteiger partial charge in [-0.3, -0.25) is 9.78 Å². The van der Waals surface area contributed by atoms with E-state index in [9.17, 15) is 4.79 Å². The predicted molar refractivity (Wildman–Crippen MR) is 53.5 cm³/mol. The van der Waals surface area contributed by atoms with Crippen molar-refractivity contribution in [1.29, 1.82) is 0 Å². The highest BCUT2D eigenvalue weighted by atomic mass is 16.1. The van der Waals surface area contributed by atoms with Crippen molar-refractivity contribution in [1.82, 2.24) is 9.97 Å². The van der Waals surface area contributed by atoms with E-state index in [1.54, 1.807) is 25.5 Å². The third-order valence-electron chi connectivity index (χ3n) is 2.22. The van der Waals surface area contributed by atoms with Gasteiger partial charge in [-0.1, -0.05) is 6.92 Å². The van der Waals surface area contributed by atoms with Crippen LogP contribution in [0.15, 0.2) is 18.6 Å². The number of carbonyl (C=O) groups is 1. The van der Waals surface area contributed by atoms with Crippen LogP contribution in [0.2, 0.25) is 0 Å². The highest BCUT2D eigenvalue weighted by molar-refractivity contribution is 5.87. The molecular formula is C9H14N4O. The fourth-order valence-corrected chi connectivity index (χ4v) is 0.971. The van der Waals surface area contributed by atoms with Crippen LogP contribution in [0.4, 0.5) is 5.82 Å². The van der Waals surface area contributed by atoms with E-state index < -0.39 is 11.4 Å². The Labute approximate surface area is 82.7 Å². The third-order valence-corrected chi connectivity index (χ3v) is 2.22. The first-order chi connectivity index (χ1) is 6.58. The third kappa shape index (κ3) is 2.18. The molecule has 1 heterocycles. The standard InChI is InChI=1S/C9H14N4O/c1-3-9(2,8(10)14)13-7-6-11-4-5-12-7/h4-6H,3H2,1-2H3,(H2,10,14)(H,12,13). The van der Waals surface area contributed by atoms with E-state index in [0.717, 1.165) is 0 Å². The average molecular weight is 194 g/mol. The van der Waals surface area contributed by atoms with E-state index in [1.165, 1.54) is 0 Å². The SMILES string of the molecule is CCC(C)(Nc1cnccn1)C(N)=O. The molecule has 0 bridgehead atoms. The van der Waals surface area contributed by atoms with Crippen molar-refractivity contribution in [3.63, 3.8) is 0 Å². The number of anilines is 1. The van der Waals surface area contributed by atoms with E-state index in [0.29, 0.717) is 12.2 Å².